The quantitative estimate of drug-likeness (QED) is 0.843. The van der Waals surface area contributed by atoms with E-state index in [0.29, 0.717) is 0 Å². The Kier molecular flexibility index (Phi) is 3.23. The van der Waals surface area contributed by atoms with Gasteiger partial charge in [0.15, 0.2) is 0 Å². The lowest BCUT2D eigenvalue weighted by molar-refractivity contribution is 0.173. The van der Waals surface area contributed by atoms with E-state index in [4.69, 9.17) is 0 Å². The summed E-state index contributed by atoms with van der Waals surface area (Å²) in [7, 11) is 0. The lowest BCUT2D eigenvalue weighted by Crippen LogP contribution is -1.96. The predicted octanol–water partition coefficient (Wildman–Crippen LogP) is 3.04. The minimum absolute atomic E-state index is 0.325. The molecule has 0 bridgehead atoms. The minimum Gasteiger partial charge on any atom is -0.388 e. The first-order chi connectivity index (χ1) is 7.29. The van der Waals surface area contributed by atoms with Crippen molar-refractivity contribution in [3.05, 3.63) is 46.4 Å². The van der Waals surface area contributed by atoms with Gasteiger partial charge in [0, 0.05) is 18.9 Å². The molecule has 2 heterocycles. The fourth-order valence-corrected chi connectivity index (χ4v) is 2.24. The van der Waals surface area contributed by atoms with Crippen LogP contribution in [0.1, 0.15) is 30.6 Å². The molecule has 0 aromatic carbocycles. The van der Waals surface area contributed by atoms with Gasteiger partial charge < -0.3 is 9.67 Å². The van der Waals surface area contributed by atoms with E-state index in [9.17, 15) is 5.11 Å². The van der Waals surface area contributed by atoms with Crippen LogP contribution < -0.4 is 0 Å². The average Bonchev–Trinajstić information content (AvgIpc) is 2.88. The summed E-state index contributed by atoms with van der Waals surface area (Å²) in [6.07, 6.45) is 4.48. The molecule has 1 N–H and O–H groups in total. The van der Waals surface area contributed by atoms with Gasteiger partial charge in [0.2, 0.25) is 0 Å². The average molecular weight is 221 g/mol. The van der Waals surface area contributed by atoms with Crippen molar-refractivity contribution in [3.63, 3.8) is 0 Å². The van der Waals surface area contributed by atoms with Crippen molar-refractivity contribution in [2.45, 2.75) is 26.0 Å². The highest BCUT2D eigenvalue weighted by atomic mass is 32.1. The number of aromatic nitrogens is 1. The molecule has 0 aliphatic rings. The Morgan fingerprint density at radius 3 is 3.00 bits per heavy atom. The van der Waals surface area contributed by atoms with E-state index in [1.807, 2.05) is 25.4 Å². The van der Waals surface area contributed by atoms with E-state index in [0.717, 1.165) is 18.5 Å². The Morgan fingerprint density at radius 1 is 1.47 bits per heavy atom. The summed E-state index contributed by atoms with van der Waals surface area (Å²) in [6, 6.07) is 4.11. The first-order valence-electron chi connectivity index (χ1n) is 5.14. The van der Waals surface area contributed by atoms with Gasteiger partial charge in [0.1, 0.15) is 0 Å². The zero-order valence-corrected chi connectivity index (χ0v) is 9.57. The lowest BCUT2D eigenvalue weighted by Gasteiger charge is -2.04. The highest BCUT2D eigenvalue weighted by Crippen LogP contribution is 2.17. The standard InChI is InChI=1S/C12H15NOS/c1-2-12(14)11-3-5-13(8-11)7-10-4-6-15-9-10/h3-6,8-9,12,14H,2,7H2,1H3. The summed E-state index contributed by atoms with van der Waals surface area (Å²) < 4.78 is 2.11. The van der Waals surface area contributed by atoms with E-state index in [2.05, 4.69) is 21.4 Å². The Balaban J connectivity index is 2.07. The van der Waals surface area contributed by atoms with Crippen LogP contribution in [0.5, 0.6) is 0 Å². The third-order valence-corrected chi connectivity index (χ3v) is 3.22. The smallest absolute Gasteiger partial charge is 0.0802 e. The van der Waals surface area contributed by atoms with Crippen LogP contribution in [-0.4, -0.2) is 9.67 Å². The van der Waals surface area contributed by atoms with Gasteiger partial charge in [-0.15, -0.1) is 0 Å². The van der Waals surface area contributed by atoms with Gasteiger partial charge in [-0.2, -0.15) is 11.3 Å². The highest BCUT2D eigenvalue weighted by Gasteiger charge is 2.06. The fraction of sp³-hybridized carbons (Fsp3) is 0.333. The number of hydrogen-bond donors (Lipinski definition) is 1. The van der Waals surface area contributed by atoms with Gasteiger partial charge in [0.25, 0.3) is 0 Å². The number of nitrogens with zero attached hydrogens (tertiary/aromatic N) is 1. The molecule has 0 aliphatic carbocycles. The summed E-state index contributed by atoms with van der Waals surface area (Å²) in [5, 5.41) is 13.9. The minimum atomic E-state index is -0.325. The van der Waals surface area contributed by atoms with Crippen LogP contribution in [0.2, 0.25) is 0 Å². The van der Waals surface area contributed by atoms with Gasteiger partial charge in [-0.1, -0.05) is 6.92 Å². The lowest BCUT2D eigenvalue weighted by atomic mass is 10.1. The molecule has 1 atom stereocenters. The molecule has 80 valence electrons. The van der Waals surface area contributed by atoms with Gasteiger partial charge in [-0.05, 0) is 40.4 Å². The van der Waals surface area contributed by atoms with Crippen LogP contribution in [0.15, 0.2) is 35.3 Å². The molecular formula is C12H15NOS. The summed E-state index contributed by atoms with van der Waals surface area (Å²) in [5.41, 5.74) is 2.32. The molecule has 0 saturated carbocycles. The topological polar surface area (TPSA) is 25.2 Å². The van der Waals surface area contributed by atoms with Crippen molar-refractivity contribution in [2.24, 2.45) is 0 Å². The molecule has 2 rings (SSSR count). The molecule has 0 amide bonds. The summed E-state index contributed by atoms with van der Waals surface area (Å²) in [5.74, 6) is 0. The van der Waals surface area contributed by atoms with E-state index in [1.165, 1.54) is 5.56 Å². The van der Waals surface area contributed by atoms with Crippen LogP contribution in [-0.2, 0) is 6.54 Å². The molecule has 0 spiro atoms. The molecule has 2 aromatic heterocycles. The molecule has 2 nitrogen and oxygen atoms in total. The number of rotatable bonds is 4. The Bertz CT molecular complexity index is 405. The number of aliphatic hydroxyl groups is 1. The molecule has 0 aliphatic heterocycles. The second-order valence-electron chi connectivity index (χ2n) is 3.67. The van der Waals surface area contributed by atoms with Gasteiger partial charge >= 0.3 is 0 Å². The Hall–Kier alpha value is -1.06. The van der Waals surface area contributed by atoms with Crippen molar-refractivity contribution >= 4 is 11.3 Å². The molecule has 15 heavy (non-hydrogen) atoms. The van der Waals surface area contributed by atoms with Gasteiger partial charge in [0.05, 0.1) is 6.10 Å². The third-order valence-electron chi connectivity index (χ3n) is 2.49. The number of aliphatic hydroxyl groups excluding tert-OH is 1. The molecule has 0 radical (unpaired) electrons. The second kappa shape index (κ2) is 4.64. The van der Waals surface area contributed by atoms with Crippen LogP contribution >= 0.6 is 11.3 Å². The van der Waals surface area contributed by atoms with Gasteiger partial charge in [-0.25, -0.2) is 0 Å². The zero-order valence-electron chi connectivity index (χ0n) is 8.76. The normalized spacial score (nSPS) is 12.9. The van der Waals surface area contributed by atoms with Crippen molar-refractivity contribution in [1.82, 2.24) is 4.57 Å². The molecule has 0 saturated heterocycles. The summed E-state index contributed by atoms with van der Waals surface area (Å²) in [4.78, 5) is 0. The van der Waals surface area contributed by atoms with Crippen LogP contribution in [0, 0.1) is 0 Å². The van der Waals surface area contributed by atoms with Crippen LogP contribution in [0.25, 0.3) is 0 Å². The van der Waals surface area contributed by atoms with Gasteiger partial charge in [-0.3, -0.25) is 0 Å². The summed E-state index contributed by atoms with van der Waals surface area (Å²) >= 11 is 1.71. The van der Waals surface area contributed by atoms with E-state index in [-0.39, 0.29) is 6.10 Å². The predicted molar refractivity (Wildman–Crippen MR) is 63.1 cm³/mol. The highest BCUT2D eigenvalue weighted by molar-refractivity contribution is 7.07. The molecular weight excluding hydrogens is 206 g/mol. The third kappa shape index (κ3) is 2.49. The van der Waals surface area contributed by atoms with Crippen molar-refractivity contribution in [2.75, 3.05) is 0 Å². The van der Waals surface area contributed by atoms with E-state index < -0.39 is 0 Å². The van der Waals surface area contributed by atoms with Crippen molar-refractivity contribution in [1.29, 1.82) is 0 Å². The van der Waals surface area contributed by atoms with Crippen LogP contribution in [0.3, 0.4) is 0 Å². The fourth-order valence-electron chi connectivity index (χ4n) is 1.58. The first-order valence-corrected chi connectivity index (χ1v) is 6.08. The first kappa shape index (κ1) is 10.5. The Labute approximate surface area is 93.8 Å². The van der Waals surface area contributed by atoms with Crippen molar-refractivity contribution < 1.29 is 5.11 Å². The molecule has 1 unspecified atom stereocenters. The van der Waals surface area contributed by atoms with E-state index >= 15 is 0 Å². The summed E-state index contributed by atoms with van der Waals surface area (Å²) in [6.45, 7) is 2.88. The number of hydrogen-bond acceptors (Lipinski definition) is 2. The molecule has 0 fully saturated rings. The van der Waals surface area contributed by atoms with E-state index in [1.54, 1.807) is 11.3 Å². The maximum Gasteiger partial charge on any atom is 0.0802 e. The molecule has 2 aromatic rings. The maximum absolute atomic E-state index is 9.66. The largest absolute Gasteiger partial charge is 0.388 e. The van der Waals surface area contributed by atoms with Crippen molar-refractivity contribution in [3.8, 4) is 0 Å². The number of thiophene rings is 1. The SMILES string of the molecule is CCC(O)c1ccn(Cc2ccsc2)c1. The molecule has 3 heteroatoms. The van der Waals surface area contributed by atoms with Crippen LogP contribution in [0.4, 0.5) is 0 Å². The second-order valence-corrected chi connectivity index (χ2v) is 4.45. The maximum atomic E-state index is 9.66. The monoisotopic (exact) mass is 221 g/mol. The Morgan fingerprint density at radius 2 is 2.33 bits per heavy atom. The zero-order chi connectivity index (χ0) is 10.7.